The zero-order chi connectivity index (χ0) is 13.5. The zero-order valence-corrected chi connectivity index (χ0v) is 11.7. The van der Waals surface area contributed by atoms with Crippen LogP contribution in [-0.2, 0) is 4.74 Å². The van der Waals surface area contributed by atoms with Gasteiger partial charge in [-0.3, -0.25) is 4.79 Å². The number of hydrogen-bond donors (Lipinski definition) is 2. The van der Waals surface area contributed by atoms with Crippen molar-refractivity contribution in [2.45, 2.75) is 0 Å². The number of aromatic hydroxyl groups is 1. The summed E-state index contributed by atoms with van der Waals surface area (Å²) < 4.78 is 5.62. The Kier molecular flexibility index (Phi) is 6.11. The molecule has 1 amide bonds. The molecule has 6 heteroatoms. The number of ether oxygens (including phenoxy) is 1. The van der Waals surface area contributed by atoms with Gasteiger partial charge in [0.1, 0.15) is 5.75 Å². The van der Waals surface area contributed by atoms with E-state index in [0.717, 1.165) is 0 Å². The lowest BCUT2D eigenvalue weighted by Crippen LogP contribution is -2.36. The van der Waals surface area contributed by atoms with Crippen LogP contribution < -0.4 is 0 Å². The Hall–Kier alpha value is -1.11. The Balaban J connectivity index is 2.90. The van der Waals surface area contributed by atoms with Crippen molar-refractivity contribution in [2.24, 2.45) is 0 Å². The first-order chi connectivity index (χ1) is 8.60. The number of phenols is 1. The zero-order valence-electron chi connectivity index (χ0n) is 10.1. The van der Waals surface area contributed by atoms with Crippen LogP contribution >= 0.6 is 15.9 Å². The van der Waals surface area contributed by atoms with E-state index in [0.29, 0.717) is 17.6 Å². The maximum absolute atomic E-state index is 12.2. The molecule has 0 bridgehead atoms. The number of aliphatic hydroxyl groups is 1. The molecule has 0 aromatic heterocycles. The second-order valence-electron chi connectivity index (χ2n) is 3.67. The van der Waals surface area contributed by atoms with Crippen molar-refractivity contribution in [1.29, 1.82) is 0 Å². The molecule has 0 saturated carbocycles. The van der Waals surface area contributed by atoms with Crippen LogP contribution in [0, 0.1) is 0 Å². The molecule has 0 aliphatic heterocycles. The summed E-state index contributed by atoms with van der Waals surface area (Å²) in [6, 6.07) is 4.65. The van der Waals surface area contributed by atoms with Crippen molar-refractivity contribution in [2.75, 3.05) is 33.4 Å². The number of aliphatic hydroxyl groups excluding tert-OH is 1. The van der Waals surface area contributed by atoms with Crippen LogP contribution in [-0.4, -0.2) is 54.4 Å². The van der Waals surface area contributed by atoms with Crippen molar-refractivity contribution < 1.29 is 19.7 Å². The molecule has 1 aromatic rings. The molecular weight excluding hydrogens is 302 g/mol. The number of carbonyl (C=O) groups is 1. The van der Waals surface area contributed by atoms with E-state index in [9.17, 15) is 9.90 Å². The maximum Gasteiger partial charge on any atom is 0.257 e. The summed E-state index contributed by atoms with van der Waals surface area (Å²) in [5, 5.41) is 18.6. The van der Waals surface area contributed by atoms with Crippen molar-refractivity contribution in [3.63, 3.8) is 0 Å². The van der Waals surface area contributed by atoms with Gasteiger partial charge in [-0.15, -0.1) is 0 Å². The van der Waals surface area contributed by atoms with Gasteiger partial charge in [-0.05, 0) is 18.2 Å². The summed E-state index contributed by atoms with van der Waals surface area (Å²) in [6.45, 7) is 0.806. The van der Waals surface area contributed by atoms with E-state index in [1.807, 2.05) is 0 Å². The molecule has 1 aromatic carbocycles. The smallest absolute Gasteiger partial charge is 0.257 e. The summed E-state index contributed by atoms with van der Waals surface area (Å²) in [5.74, 6) is -0.413. The van der Waals surface area contributed by atoms with E-state index in [-0.39, 0.29) is 30.4 Å². The minimum Gasteiger partial charge on any atom is -0.507 e. The number of phenolic OH excluding ortho intramolecular Hbond substituents is 1. The first-order valence-corrected chi connectivity index (χ1v) is 6.27. The van der Waals surface area contributed by atoms with E-state index in [4.69, 9.17) is 9.84 Å². The number of nitrogens with zero attached hydrogens (tertiary/aromatic N) is 1. The van der Waals surface area contributed by atoms with E-state index in [1.165, 1.54) is 18.1 Å². The van der Waals surface area contributed by atoms with Gasteiger partial charge < -0.3 is 19.8 Å². The lowest BCUT2D eigenvalue weighted by Gasteiger charge is -2.21. The minimum atomic E-state index is -0.333. The molecule has 0 heterocycles. The normalized spacial score (nSPS) is 10.4. The van der Waals surface area contributed by atoms with Crippen molar-refractivity contribution in [1.82, 2.24) is 4.90 Å². The fraction of sp³-hybridized carbons (Fsp3) is 0.417. The summed E-state index contributed by atoms with van der Waals surface area (Å²) in [6.07, 6.45) is 0. The number of hydrogen-bond acceptors (Lipinski definition) is 4. The largest absolute Gasteiger partial charge is 0.507 e. The summed E-state index contributed by atoms with van der Waals surface area (Å²) in [7, 11) is 1.54. The highest BCUT2D eigenvalue weighted by atomic mass is 79.9. The Bertz CT molecular complexity index is 411. The molecule has 0 fully saturated rings. The fourth-order valence-corrected chi connectivity index (χ4v) is 1.85. The van der Waals surface area contributed by atoms with Crippen molar-refractivity contribution in [3.05, 3.63) is 28.2 Å². The molecule has 18 heavy (non-hydrogen) atoms. The third-order valence-corrected chi connectivity index (χ3v) is 2.90. The monoisotopic (exact) mass is 317 g/mol. The molecule has 100 valence electrons. The van der Waals surface area contributed by atoms with E-state index in [2.05, 4.69) is 15.9 Å². The highest BCUT2D eigenvalue weighted by molar-refractivity contribution is 9.10. The Morgan fingerprint density at radius 2 is 2.17 bits per heavy atom. The second-order valence-corrected chi connectivity index (χ2v) is 4.59. The Morgan fingerprint density at radius 1 is 1.44 bits per heavy atom. The molecule has 0 spiro atoms. The van der Waals surface area contributed by atoms with Gasteiger partial charge in [0.05, 0.1) is 18.8 Å². The van der Waals surface area contributed by atoms with Gasteiger partial charge in [0.25, 0.3) is 5.91 Å². The predicted octanol–water partition coefficient (Wildman–Crippen LogP) is 1.24. The number of rotatable bonds is 6. The average molecular weight is 318 g/mol. The van der Waals surface area contributed by atoms with Gasteiger partial charge in [-0.1, -0.05) is 15.9 Å². The van der Waals surface area contributed by atoms with E-state index < -0.39 is 0 Å². The standard InChI is InChI=1S/C12H16BrNO4/c1-18-7-5-14(4-6-15)12(17)10-8-9(13)2-3-11(10)16/h2-3,8,15-16H,4-7H2,1H3. The minimum absolute atomic E-state index is 0.0800. The summed E-state index contributed by atoms with van der Waals surface area (Å²) in [5.41, 5.74) is 0.203. The fourth-order valence-electron chi connectivity index (χ4n) is 1.49. The average Bonchev–Trinajstić information content (AvgIpc) is 2.36. The topological polar surface area (TPSA) is 70.0 Å². The molecule has 5 nitrogen and oxygen atoms in total. The number of methoxy groups -OCH3 is 1. The van der Waals surface area contributed by atoms with E-state index in [1.54, 1.807) is 12.1 Å². The van der Waals surface area contributed by atoms with Gasteiger partial charge in [-0.2, -0.15) is 0 Å². The van der Waals surface area contributed by atoms with Crippen molar-refractivity contribution >= 4 is 21.8 Å². The molecule has 0 unspecified atom stereocenters. The first kappa shape index (κ1) is 14.9. The van der Waals surface area contributed by atoms with Gasteiger partial charge in [0, 0.05) is 24.7 Å². The quantitative estimate of drug-likeness (QED) is 0.828. The van der Waals surface area contributed by atoms with Crippen LogP contribution in [0.1, 0.15) is 10.4 Å². The molecular formula is C12H16BrNO4. The Morgan fingerprint density at radius 3 is 2.78 bits per heavy atom. The van der Waals surface area contributed by atoms with Crippen LogP contribution in [0.25, 0.3) is 0 Å². The van der Waals surface area contributed by atoms with E-state index >= 15 is 0 Å². The van der Waals surface area contributed by atoms with Crippen molar-refractivity contribution in [3.8, 4) is 5.75 Å². The predicted molar refractivity (Wildman–Crippen MR) is 70.7 cm³/mol. The van der Waals surface area contributed by atoms with Crippen LogP contribution in [0.4, 0.5) is 0 Å². The lowest BCUT2D eigenvalue weighted by molar-refractivity contribution is 0.0653. The highest BCUT2D eigenvalue weighted by Crippen LogP contribution is 2.23. The molecule has 0 aliphatic rings. The maximum atomic E-state index is 12.2. The molecule has 0 atom stereocenters. The molecule has 0 saturated heterocycles. The third-order valence-electron chi connectivity index (χ3n) is 2.41. The van der Waals surface area contributed by atoms with Gasteiger partial charge in [0.2, 0.25) is 0 Å². The number of benzene rings is 1. The lowest BCUT2D eigenvalue weighted by atomic mass is 10.1. The van der Waals surface area contributed by atoms with Crippen LogP contribution in [0.3, 0.4) is 0 Å². The number of carbonyl (C=O) groups excluding carboxylic acids is 1. The SMILES string of the molecule is COCCN(CCO)C(=O)c1cc(Br)ccc1O. The molecule has 0 aliphatic carbocycles. The third kappa shape index (κ3) is 3.97. The number of halogens is 1. The first-order valence-electron chi connectivity index (χ1n) is 5.47. The van der Waals surface area contributed by atoms with Gasteiger partial charge >= 0.3 is 0 Å². The molecule has 0 radical (unpaired) electrons. The van der Waals surface area contributed by atoms with Crippen LogP contribution in [0.5, 0.6) is 5.75 Å². The molecule has 1 rings (SSSR count). The van der Waals surface area contributed by atoms with Crippen LogP contribution in [0.2, 0.25) is 0 Å². The summed E-state index contributed by atoms with van der Waals surface area (Å²) >= 11 is 3.25. The summed E-state index contributed by atoms with van der Waals surface area (Å²) in [4.78, 5) is 13.6. The van der Waals surface area contributed by atoms with Crippen LogP contribution in [0.15, 0.2) is 22.7 Å². The number of amides is 1. The van der Waals surface area contributed by atoms with Gasteiger partial charge in [-0.25, -0.2) is 0 Å². The highest BCUT2D eigenvalue weighted by Gasteiger charge is 2.18. The van der Waals surface area contributed by atoms with Gasteiger partial charge in [0.15, 0.2) is 0 Å². The molecule has 2 N–H and O–H groups in total. The second kappa shape index (κ2) is 7.35. The Labute approximate surface area is 114 Å².